The Balaban J connectivity index is 2.06. The molecule has 3 heteroatoms. The van der Waals surface area contributed by atoms with E-state index in [0.717, 1.165) is 5.56 Å². The SMILES string of the molecule is CC(NC(=O)c1ccccc1)c1ccc(Cl)cc1. The summed E-state index contributed by atoms with van der Waals surface area (Å²) in [4.78, 5) is 12.0. The van der Waals surface area contributed by atoms with E-state index in [2.05, 4.69) is 5.32 Å². The summed E-state index contributed by atoms with van der Waals surface area (Å²) in [7, 11) is 0. The molecule has 92 valence electrons. The van der Waals surface area contributed by atoms with Gasteiger partial charge in [-0.25, -0.2) is 0 Å². The molecule has 0 heterocycles. The quantitative estimate of drug-likeness (QED) is 0.892. The standard InChI is InChI=1S/C15H14ClNO/c1-11(12-7-9-14(16)10-8-12)17-15(18)13-5-3-2-4-6-13/h2-11H,1H3,(H,17,18). The molecule has 1 unspecified atom stereocenters. The Morgan fingerprint density at radius 2 is 1.67 bits per heavy atom. The maximum absolute atomic E-state index is 12.0. The van der Waals surface area contributed by atoms with Crippen LogP contribution in [0.5, 0.6) is 0 Å². The summed E-state index contributed by atoms with van der Waals surface area (Å²) >= 11 is 5.83. The molecule has 18 heavy (non-hydrogen) atoms. The van der Waals surface area contributed by atoms with Crippen molar-refractivity contribution in [2.45, 2.75) is 13.0 Å². The van der Waals surface area contributed by atoms with Crippen LogP contribution in [-0.4, -0.2) is 5.91 Å². The van der Waals surface area contributed by atoms with Crippen LogP contribution < -0.4 is 5.32 Å². The first-order chi connectivity index (χ1) is 8.66. The minimum Gasteiger partial charge on any atom is -0.346 e. The number of halogens is 1. The lowest BCUT2D eigenvalue weighted by atomic mass is 10.1. The molecule has 0 saturated heterocycles. The van der Waals surface area contributed by atoms with E-state index in [0.29, 0.717) is 10.6 Å². The lowest BCUT2D eigenvalue weighted by Crippen LogP contribution is -2.26. The van der Waals surface area contributed by atoms with E-state index in [9.17, 15) is 4.79 Å². The molecule has 0 bridgehead atoms. The van der Waals surface area contributed by atoms with Gasteiger partial charge in [-0.15, -0.1) is 0 Å². The Bertz CT molecular complexity index is 522. The zero-order valence-electron chi connectivity index (χ0n) is 10.1. The number of hydrogen-bond donors (Lipinski definition) is 1. The summed E-state index contributed by atoms with van der Waals surface area (Å²) in [5, 5.41) is 3.64. The first-order valence-electron chi connectivity index (χ1n) is 5.78. The highest BCUT2D eigenvalue weighted by atomic mass is 35.5. The highest BCUT2D eigenvalue weighted by Crippen LogP contribution is 2.16. The molecular weight excluding hydrogens is 246 g/mol. The van der Waals surface area contributed by atoms with Gasteiger partial charge in [-0.05, 0) is 36.8 Å². The smallest absolute Gasteiger partial charge is 0.251 e. The van der Waals surface area contributed by atoms with Crippen LogP contribution in [0.15, 0.2) is 54.6 Å². The molecule has 0 radical (unpaired) electrons. The number of rotatable bonds is 3. The van der Waals surface area contributed by atoms with Crippen LogP contribution in [0.25, 0.3) is 0 Å². The fourth-order valence-corrected chi connectivity index (χ4v) is 1.83. The van der Waals surface area contributed by atoms with Crippen LogP contribution in [-0.2, 0) is 0 Å². The number of benzene rings is 2. The molecule has 0 aromatic heterocycles. The van der Waals surface area contributed by atoms with Gasteiger partial charge in [-0.1, -0.05) is 41.9 Å². The van der Waals surface area contributed by atoms with Crippen molar-refractivity contribution < 1.29 is 4.79 Å². The van der Waals surface area contributed by atoms with Gasteiger partial charge in [-0.3, -0.25) is 4.79 Å². The van der Waals surface area contributed by atoms with E-state index in [-0.39, 0.29) is 11.9 Å². The lowest BCUT2D eigenvalue weighted by Gasteiger charge is -2.14. The normalized spacial score (nSPS) is 11.9. The van der Waals surface area contributed by atoms with E-state index in [1.54, 1.807) is 12.1 Å². The summed E-state index contributed by atoms with van der Waals surface area (Å²) in [5.74, 6) is -0.0712. The summed E-state index contributed by atoms with van der Waals surface area (Å²) in [6, 6.07) is 16.6. The van der Waals surface area contributed by atoms with Gasteiger partial charge in [0, 0.05) is 10.6 Å². The van der Waals surface area contributed by atoms with Crippen LogP contribution in [0.2, 0.25) is 5.02 Å². The average Bonchev–Trinajstić information content (AvgIpc) is 2.40. The molecule has 2 nitrogen and oxygen atoms in total. The second-order valence-corrected chi connectivity index (χ2v) is 4.55. The molecule has 1 amide bonds. The first-order valence-corrected chi connectivity index (χ1v) is 6.16. The van der Waals surface area contributed by atoms with Crippen LogP contribution in [0.3, 0.4) is 0 Å². The molecule has 1 N–H and O–H groups in total. The van der Waals surface area contributed by atoms with Gasteiger partial charge in [0.15, 0.2) is 0 Å². The minimum absolute atomic E-state index is 0.0463. The molecule has 0 aliphatic carbocycles. The van der Waals surface area contributed by atoms with Gasteiger partial charge in [0.1, 0.15) is 0 Å². The Morgan fingerprint density at radius 3 is 2.28 bits per heavy atom. The van der Waals surface area contributed by atoms with Crippen molar-refractivity contribution in [1.29, 1.82) is 0 Å². The van der Waals surface area contributed by atoms with Gasteiger partial charge in [-0.2, -0.15) is 0 Å². The topological polar surface area (TPSA) is 29.1 Å². The van der Waals surface area contributed by atoms with E-state index in [4.69, 9.17) is 11.6 Å². The molecule has 0 fully saturated rings. The molecule has 0 spiro atoms. The molecule has 0 saturated carbocycles. The summed E-state index contributed by atoms with van der Waals surface area (Å²) in [5.41, 5.74) is 1.70. The predicted molar refractivity (Wildman–Crippen MR) is 73.8 cm³/mol. The fourth-order valence-electron chi connectivity index (χ4n) is 1.70. The molecular formula is C15H14ClNO. The molecule has 0 aliphatic rings. The zero-order valence-corrected chi connectivity index (χ0v) is 10.8. The second kappa shape index (κ2) is 5.69. The Labute approximate surface area is 112 Å². The third kappa shape index (κ3) is 3.11. The molecule has 0 aliphatic heterocycles. The largest absolute Gasteiger partial charge is 0.346 e. The van der Waals surface area contributed by atoms with Crippen LogP contribution >= 0.6 is 11.6 Å². The Hall–Kier alpha value is -1.80. The predicted octanol–water partition coefficient (Wildman–Crippen LogP) is 3.83. The molecule has 2 rings (SSSR count). The van der Waals surface area contributed by atoms with Gasteiger partial charge in [0.05, 0.1) is 6.04 Å². The van der Waals surface area contributed by atoms with Gasteiger partial charge < -0.3 is 5.32 Å². The number of carbonyl (C=O) groups is 1. The van der Waals surface area contributed by atoms with Crippen molar-refractivity contribution in [3.8, 4) is 0 Å². The van der Waals surface area contributed by atoms with Crippen LogP contribution in [0, 0.1) is 0 Å². The van der Waals surface area contributed by atoms with Crippen molar-refractivity contribution in [2.75, 3.05) is 0 Å². The summed E-state index contributed by atoms with van der Waals surface area (Å²) in [6.45, 7) is 1.95. The summed E-state index contributed by atoms with van der Waals surface area (Å²) < 4.78 is 0. The van der Waals surface area contributed by atoms with E-state index >= 15 is 0 Å². The van der Waals surface area contributed by atoms with Gasteiger partial charge >= 0.3 is 0 Å². The molecule has 2 aromatic carbocycles. The van der Waals surface area contributed by atoms with E-state index < -0.39 is 0 Å². The third-order valence-corrected chi connectivity index (χ3v) is 3.01. The fraction of sp³-hybridized carbons (Fsp3) is 0.133. The van der Waals surface area contributed by atoms with Crippen molar-refractivity contribution in [2.24, 2.45) is 0 Å². The van der Waals surface area contributed by atoms with Crippen molar-refractivity contribution in [1.82, 2.24) is 5.32 Å². The highest BCUT2D eigenvalue weighted by Gasteiger charge is 2.10. The maximum Gasteiger partial charge on any atom is 0.251 e. The molecule has 1 atom stereocenters. The number of carbonyl (C=O) groups excluding carboxylic acids is 1. The van der Waals surface area contributed by atoms with E-state index in [1.165, 1.54) is 0 Å². The number of hydrogen-bond acceptors (Lipinski definition) is 1. The van der Waals surface area contributed by atoms with Gasteiger partial charge in [0.2, 0.25) is 0 Å². The van der Waals surface area contributed by atoms with Crippen LogP contribution in [0.4, 0.5) is 0 Å². The number of amides is 1. The van der Waals surface area contributed by atoms with E-state index in [1.807, 2.05) is 49.4 Å². The second-order valence-electron chi connectivity index (χ2n) is 4.11. The van der Waals surface area contributed by atoms with Crippen molar-refractivity contribution in [3.05, 3.63) is 70.7 Å². The monoisotopic (exact) mass is 259 g/mol. The summed E-state index contributed by atoms with van der Waals surface area (Å²) in [6.07, 6.45) is 0. The Kier molecular flexibility index (Phi) is 4.00. The molecule has 2 aromatic rings. The number of nitrogens with one attached hydrogen (secondary N) is 1. The Morgan fingerprint density at radius 1 is 1.06 bits per heavy atom. The minimum atomic E-state index is -0.0712. The van der Waals surface area contributed by atoms with Gasteiger partial charge in [0.25, 0.3) is 5.91 Å². The van der Waals surface area contributed by atoms with Crippen LogP contribution in [0.1, 0.15) is 28.9 Å². The lowest BCUT2D eigenvalue weighted by molar-refractivity contribution is 0.0940. The van der Waals surface area contributed by atoms with Crippen molar-refractivity contribution >= 4 is 17.5 Å². The zero-order chi connectivity index (χ0) is 13.0. The first kappa shape index (κ1) is 12.7. The van der Waals surface area contributed by atoms with Crippen molar-refractivity contribution in [3.63, 3.8) is 0 Å². The average molecular weight is 260 g/mol. The maximum atomic E-state index is 12.0. The third-order valence-electron chi connectivity index (χ3n) is 2.75. The highest BCUT2D eigenvalue weighted by molar-refractivity contribution is 6.30.